The highest BCUT2D eigenvalue weighted by Crippen LogP contribution is 2.20. The summed E-state index contributed by atoms with van der Waals surface area (Å²) in [5, 5.41) is 5.48. The van der Waals surface area contributed by atoms with Crippen molar-refractivity contribution in [2.24, 2.45) is 5.92 Å². The monoisotopic (exact) mass is 212 g/mol. The number of anilines is 1. The molecular weight excluding hydrogens is 196 g/mol. The van der Waals surface area contributed by atoms with E-state index in [0.29, 0.717) is 6.04 Å². The molecule has 3 nitrogen and oxygen atoms in total. The smallest absolute Gasteiger partial charge is 0.0655 e. The molecule has 0 amide bonds. The Labute approximate surface area is 88.6 Å². The molecule has 78 valence electrons. The van der Waals surface area contributed by atoms with Crippen molar-refractivity contribution < 1.29 is 4.74 Å². The summed E-state index contributed by atoms with van der Waals surface area (Å²) in [4.78, 5) is 0. The van der Waals surface area contributed by atoms with Crippen molar-refractivity contribution in [2.45, 2.75) is 25.8 Å². The maximum atomic E-state index is 5.36. The van der Waals surface area contributed by atoms with Crippen molar-refractivity contribution in [2.75, 3.05) is 18.5 Å². The van der Waals surface area contributed by atoms with Gasteiger partial charge in [0.1, 0.15) is 0 Å². The standard InChI is InChI=1S/C10H16N2OS/c1-8(4-9-2-3-13-6-9)12-10-5-11-14-7-10/h5,7-9,12H,2-4,6H2,1H3. The Kier molecular flexibility index (Phi) is 3.37. The molecule has 0 bridgehead atoms. The number of rotatable bonds is 4. The minimum Gasteiger partial charge on any atom is -0.381 e. The maximum Gasteiger partial charge on any atom is 0.0655 e. The van der Waals surface area contributed by atoms with E-state index in [4.69, 9.17) is 4.74 Å². The zero-order valence-electron chi connectivity index (χ0n) is 8.40. The first-order valence-corrected chi connectivity index (χ1v) is 5.92. The fourth-order valence-corrected chi connectivity index (χ4v) is 2.37. The van der Waals surface area contributed by atoms with Gasteiger partial charge in [-0.05, 0) is 37.2 Å². The molecule has 1 saturated heterocycles. The van der Waals surface area contributed by atoms with Crippen molar-refractivity contribution in [3.63, 3.8) is 0 Å². The molecule has 14 heavy (non-hydrogen) atoms. The molecule has 0 spiro atoms. The number of ether oxygens (including phenoxy) is 1. The Bertz CT molecular complexity index is 257. The summed E-state index contributed by atoms with van der Waals surface area (Å²) in [6, 6.07) is 0.512. The number of aromatic nitrogens is 1. The predicted octanol–water partition coefficient (Wildman–Crippen LogP) is 2.37. The molecule has 2 heterocycles. The van der Waals surface area contributed by atoms with E-state index in [0.717, 1.165) is 24.8 Å². The predicted molar refractivity (Wildman–Crippen MR) is 58.7 cm³/mol. The summed E-state index contributed by atoms with van der Waals surface area (Å²) in [5.41, 5.74) is 1.14. The summed E-state index contributed by atoms with van der Waals surface area (Å²) < 4.78 is 9.42. The van der Waals surface area contributed by atoms with Crippen molar-refractivity contribution in [3.8, 4) is 0 Å². The fourth-order valence-electron chi connectivity index (χ4n) is 1.89. The molecule has 0 aromatic carbocycles. The fraction of sp³-hybridized carbons (Fsp3) is 0.700. The Morgan fingerprint density at radius 1 is 1.79 bits per heavy atom. The molecule has 1 aliphatic heterocycles. The Hall–Kier alpha value is -0.610. The summed E-state index contributed by atoms with van der Waals surface area (Å²) in [6.45, 7) is 4.10. The lowest BCUT2D eigenvalue weighted by Gasteiger charge is -2.16. The topological polar surface area (TPSA) is 34.1 Å². The van der Waals surface area contributed by atoms with Crippen molar-refractivity contribution in [1.29, 1.82) is 0 Å². The molecule has 2 atom stereocenters. The quantitative estimate of drug-likeness (QED) is 0.832. The van der Waals surface area contributed by atoms with E-state index in [2.05, 4.69) is 16.6 Å². The Morgan fingerprint density at radius 2 is 2.71 bits per heavy atom. The second kappa shape index (κ2) is 4.75. The number of hydrogen-bond acceptors (Lipinski definition) is 4. The van der Waals surface area contributed by atoms with Gasteiger partial charge in [-0.3, -0.25) is 0 Å². The van der Waals surface area contributed by atoms with Crippen LogP contribution in [0.4, 0.5) is 5.69 Å². The third-order valence-corrected chi connectivity index (χ3v) is 3.14. The highest BCUT2D eigenvalue weighted by molar-refractivity contribution is 7.04. The second-order valence-corrected chi connectivity index (χ2v) is 4.58. The molecule has 2 unspecified atom stereocenters. The summed E-state index contributed by atoms with van der Waals surface area (Å²) in [6.07, 6.45) is 4.29. The zero-order valence-corrected chi connectivity index (χ0v) is 9.22. The SMILES string of the molecule is CC(CC1CCOC1)Nc1cnsc1. The molecule has 1 aromatic rings. The first kappa shape index (κ1) is 9.93. The van der Waals surface area contributed by atoms with Crippen LogP contribution in [0.5, 0.6) is 0 Å². The van der Waals surface area contributed by atoms with Gasteiger partial charge in [0.25, 0.3) is 0 Å². The number of hydrogen-bond donors (Lipinski definition) is 1. The van der Waals surface area contributed by atoms with E-state index in [1.807, 2.05) is 11.6 Å². The highest BCUT2D eigenvalue weighted by atomic mass is 32.1. The molecule has 1 aromatic heterocycles. The minimum absolute atomic E-state index is 0.512. The normalized spacial score (nSPS) is 23.6. The third-order valence-electron chi connectivity index (χ3n) is 2.56. The van der Waals surface area contributed by atoms with Crippen LogP contribution in [0.3, 0.4) is 0 Å². The van der Waals surface area contributed by atoms with Crippen molar-refractivity contribution in [1.82, 2.24) is 4.37 Å². The van der Waals surface area contributed by atoms with Gasteiger partial charge in [0.05, 0.1) is 11.9 Å². The Morgan fingerprint density at radius 3 is 3.36 bits per heavy atom. The van der Waals surface area contributed by atoms with E-state index in [1.54, 1.807) is 0 Å². The van der Waals surface area contributed by atoms with Crippen LogP contribution < -0.4 is 5.32 Å². The van der Waals surface area contributed by atoms with Gasteiger partial charge in [0, 0.05) is 24.6 Å². The number of nitrogens with one attached hydrogen (secondary N) is 1. The average molecular weight is 212 g/mol. The van der Waals surface area contributed by atoms with E-state index in [-0.39, 0.29) is 0 Å². The van der Waals surface area contributed by atoms with Crippen LogP contribution in [0, 0.1) is 5.92 Å². The first-order valence-electron chi connectivity index (χ1n) is 5.08. The van der Waals surface area contributed by atoms with Crippen LogP contribution in [0.25, 0.3) is 0 Å². The largest absolute Gasteiger partial charge is 0.381 e. The molecule has 0 saturated carbocycles. The molecular formula is C10H16N2OS. The van der Waals surface area contributed by atoms with Crippen LogP contribution in [-0.2, 0) is 4.74 Å². The van der Waals surface area contributed by atoms with Crippen LogP contribution in [0.15, 0.2) is 11.6 Å². The van der Waals surface area contributed by atoms with E-state index < -0.39 is 0 Å². The van der Waals surface area contributed by atoms with Gasteiger partial charge < -0.3 is 10.1 Å². The third kappa shape index (κ3) is 2.69. The van der Waals surface area contributed by atoms with Gasteiger partial charge in [-0.1, -0.05) is 0 Å². The van der Waals surface area contributed by atoms with Crippen LogP contribution in [0.1, 0.15) is 19.8 Å². The first-order chi connectivity index (χ1) is 6.84. The number of nitrogens with zero attached hydrogens (tertiary/aromatic N) is 1. The van der Waals surface area contributed by atoms with Crippen LogP contribution >= 0.6 is 11.5 Å². The lowest BCUT2D eigenvalue weighted by atomic mass is 10.0. The van der Waals surface area contributed by atoms with Crippen molar-refractivity contribution >= 4 is 17.2 Å². The van der Waals surface area contributed by atoms with E-state index >= 15 is 0 Å². The molecule has 1 fully saturated rings. The van der Waals surface area contributed by atoms with Gasteiger partial charge in [0.15, 0.2) is 0 Å². The van der Waals surface area contributed by atoms with Gasteiger partial charge in [0.2, 0.25) is 0 Å². The van der Waals surface area contributed by atoms with Crippen molar-refractivity contribution in [3.05, 3.63) is 11.6 Å². The summed E-state index contributed by atoms with van der Waals surface area (Å²) in [5.74, 6) is 0.740. The molecule has 2 rings (SSSR count). The van der Waals surface area contributed by atoms with Gasteiger partial charge in [-0.15, -0.1) is 0 Å². The lowest BCUT2D eigenvalue weighted by molar-refractivity contribution is 0.183. The van der Waals surface area contributed by atoms with Crippen LogP contribution in [0.2, 0.25) is 0 Å². The molecule has 0 radical (unpaired) electrons. The maximum absolute atomic E-state index is 5.36. The van der Waals surface area contributed by atoms with Gasteiger partial charge >= 0.3 is 0 Å². The molecule has 0 aliphatic carbocycles. The Balaban J connectivity index is 1.75. The molecule has 1 aliphatic rings. The highest BCUT2D eigenvalue weighted by Gasteiger charge is 2.18. The minimum atomic E-state index is 0.512. The zero-order chi connectivity index (χ0) is 9.80. The van der Waals surface area contributed by atoms with Gasteiger partial charge in [-0.25, -0.2) is 0 Å². The van der Waals surface area contributed by atoms with E-state index in [1.165, 1.54) is 24.4 Å². The molecule has 1 N–H and O–H groups in total. The summed E-state index contributed by atoms with van der Waals surface area (Å²) >= 11 is 1.49. The van der Waals surface area contributed by atoms with E-state index in [9.17, 15) is 0 Å². The lowest BCUT2D eigenvalue weighted by Crippen LogP contribution is -2.19. The second-order valence-electron chi connectivity index (χ2n) is 3.92. The molecule has 4 heteroatoms. The summed E-state index contributed by atoms with van der Waals surface area (Å²) in [7, 11) is 0. The average Bonchev–Trinajstić information content (AvgIpc) is 2.76. The van der Waals surface area contributed by atoms with Crippen LogP contribution in [-0.4, -0.2) is 23.6 Å². The van der Waals surface area contributed by atoms with Gasteiger partial charge in [-0.2, -0.15) is 4.37 Å².